The Bertz CT molecular complexity index is 1270. The van der Waals surface area contributed by atoms with Crippen molar-refractivity contribution in [1.29, 1.82) is 0 Å². The lowest BCUT2D eigenvalue weighted by Gasteiger charge is -2.15. The van der Waals surface area contributed by atoms with Gasteiger partial charge in [0, 0.05) is 12.7 Å². The van der Waals surface area contributed by atoms with Crippen molar-refractivity contribution in [3.8, 4) is 0 Å². The minimum absolute atomic E-state index is 0.110. The topological polar surface area (TPSA) is 179 Å². The third-order valence-electron chi connectivity index (χ3n) is 4.75. The Labute approximate surface area is 204 Å². The van der Waals surface area contributed by atoms with E-state index >= 15 is 0 Å². The van der Waals surface area contributed by atoms with Crippen LogP contribution in [0.5, 0.6) is 0 Å². The summed E-state index contributed by atoms with van der Waals surface area (Å²) >= 11 is 0. The maximum absolute atomic E-state index is 13.2. The van der Waals surface area contributed by atoms with Crippen molar-refractivity contribution in [2.24, 2.45) is 16.5 Å². The van der Waals surface area contributed by atoms with Gasteiger partial charge in [-0.2, -0.15) is 13.2 Å². The van der Waals surface area contributed by atoms with Crippen LogP contribution in [-0.2, 0) is 38.1 Å². The standard InChI is InChI=1S/C21H25F3N6O5S/c22-21(23,24)16-7-2-1-5-14(16)13-36(34,35)29-17-8-4-10-30(19(17)33)11-18(32)28-15(12-31)6-3-9-27-20(25)26/h1-2,4-5,7-8,10,12,15,29H,3,6,9,11,13H2,(H,28,32)(H4,25,26,27). The molecule has 0 aliphatic heterocycles. The summed E-state index contributed by atoms with van der Waals surface area (Å²) in [5, 5.41) is 2.43. The molecule has 0 aliphatic rings. The van der Waals surface area contributed by atoms with Gasteiger partial charge >= 0.3 is 6.18 Å². The van der Waals surface area contributed by atoms with Crippen molar-refractivity contribution in [2.75, 3.05) is 11.3 Å². The second-order valence-electron chi connectivity index (χ2n) is 7.63. The van der Waals surface area contributed by atoms with Crippen molar-refractivity contribution in [3.05, 3.63) is 64.1 Å². The SMILES string of the molecule is NC(N)=NCCCC(C=O)NC(=O)Cn1cccc(NS(=O)(=O)Cc2ccccc2C(F)(F)F)c1=O. The summed E-state index contributed by atoms with van der Waals surface area (Å²) < 4.78 is 67.4. The predicted octanol–water partition coefficient (Wildman–Crippen LogP) is 0.546. The molecular formula is C21H25F3N6O5S. The summed E-state index contributed by atoms with van der Waals surface area (Å²) in [6.45, 7) is -0.290. The van der Waals surface area contributed by atoms with Crippen LogP contribution in [-0.4, -0.2) is 43.7 Å². The molecule has 1 atom stereocenters. The lowest BCUT2D eigenvalue weighted by Crippen LogP contribution is -2.40. The molecule has 1 aromatic carbocycles. The van der Waals surface area contributed by atoms with Gasteiger partial charge in [0.1, 0.15) is 18.5 Å². The van der Waals surface area contributed by atoms with Gasteiger partial charge < -0.3 is 26.1 Å². The van der Waals surface area contributed by atoms with Gasteiger partial charge in [0.05, 0.1) is 17.4 Å². The average molecular weight is 531 g/mol. The molecule has 1 aromatic heterocycles. The Morgan fingerprint density at radius 3 is 2.50 bits per heavy atom. The summed E-state index contributed by atoms with van der Waals surface area (Å²) in [5.74, 6) is -1.84. The molecule has 0 bridgehead atoms. The fourth-order valence-corrected chi connectivity index (χ4v) is 4.39. The van der Waals surface area contributed by atoms with Crippen LogP contribution in [0, 0.1) is 0 Å². The smallest absolute Gasteiger partial charge is 0.370 e. The number of benzene rings is 1. The highest BCUT2D eigenvalue weighted by Gasteiger charge is 2.34. The number of carbonyl (C=O) groups is 2. The van der Waals surface area contributed by atoms with Crippen LogP contribution in [0.2, 0.25) is 0 Å². The number of hydrogen-bond donors (Lipinski definition) is 4. The Kier molecular flexibility index (Phi) is 9.60. The number of carbonyl (C=O) groups excluding carboxylic acids is 2. The molecule has 0 spiro atoms. The fraction of sp³-hybridized carbons (Fsp3) is 0.333. The van der Waals surface area contributed by atoms with Gasteiger partial charge in [-0.3, -0.25) is 19.3 Å². The normalized spacial score (nSPS) is 12.4. The van der Waals surface area contributed by atoms with Gasteiger partial charge in [0.25, 0.3) is 5.56 Å². The summed E-state index contributed by atoms with van der Waals surface area (Å²) in [4.78, 5) is 39.9. The van der Waals surface area contributed by atoms with Gasteiger partial charge in [-0.1, -0.05) is 18.2 Å². The maximum Gasteiger partial charge on any atom is 0.416 e. The molecule has 0 radical (unpaired) electrons. The van der Waals surface area contributed by atoms with E-state index in [0.717, 1.165) is 28.8 Å². The molecule has 196 valence electrons. The number of guanidine groups is 1. The maximum atomic E-state index is 13.2. The number of alkyl halides is 3. The first-order valence-electron chi connectivity index (χ1n) is 10.5. The second-order valence-corrected chi connectivity index (χ2v) is 9.35. The van der Waals surface area contributed by atoms with Crippen LogP contribution in [0.15, 0.2) is 52.4 Å². The molecule has 0 fully saturated rings. The van der Waals surface area contributed by atoms with Crippen molar-refractivity contribution in [2.45, 2.75) is 37.4 Å². The third-order valence-corrected chi connectivity index (χ3v) is 5.97. The first kappa shape index (κ1) is 28.4. The van der Waals surface area contributed by atoms with E-state index in [0.29, 0.717) is 12.7 Å². The lowest BCUT2D eigenvalue weighted by atomic mass is 10.1. The molecule has 11 nitrogen and oxygen atoms in total. The lowest BCUT2D eigenvalue weighted by molar-refractivity contribution is -0.138. The van der Waals surface area contributed by atoms with E-state index < -0.39 is 62.8 Å². The second kappa shape index (κ2) is 12.2. The Morgan fingerprint density at radius 2 is 1.86 bits per heavy atom. The van der Waals surface area contributed by atoms with Crippen LogP contribution in [0.4, 0.5) is 18.9 Å². The number of amides is 1. The molecule has 1 amide bonds. The van der Waals surface area contributed by atoms with Crippen LogP contribution < -0.4 is 27.1 Å². The number of sulfonamides is 1. The zero-order chi connectivity index (χ0) is 26.9. The molecular weight excluding hydrogens is 505 g/mol. The first-order chi connectivity index (χ1) is 16.8. The highest BCUT2D eigenvalue weighted by Crippen LogP contribution is 2.32. The fourth-order valence-electron chi connectivity index (χ4n) is 3.17. The number of nitrogens with zero attached hydrogens (tertiary/aromatic N) is 2. The number of nitrogens with one attached hydrogen (secondary N) is 2. The molecule has 2 aromatic rings. The monoisotopic (exact) mass is 530 g/mol. The molecule has 6 N–H and O–H groups in total. The Hall–Kier alpha value is -3.88. The summed E-state index contributed by atoms with van der Waals surface area (Å²) in [5.41, 5.74) is 7.44. The van der Waals surface area contributed by atoms with Gasteiger partial charge in [-0.15, -0.1) is 0 Å². The quantitative estimate of drug-likeness (QED) is 0.134. The van der Waals surface area contributed by atoms with Gasteiger partial charge in [0.2, 0.25) is 15.9 Å². The highest BCUT2D eigenvalue weighted by atomic mass is 32.2. The highest BCUT2D eigenvalue weighted by molar-refractivity contribution is 7.91. The summed E-state index contributed by atoms with van der Waals surface area (Å²) in [7, 11) is -4.42. The molecule has 0 saturated heterocycles. The molecule has 36 heavy (non-hydrogen) atoms. The van der Waals surface area contributed by atoms with E-state index in [2.05, 4.69) is 10.3 Å². The van der Waals surface area contributed by atoms with E-state index in [-0.39, 0.29) is 18.9 Å². The number of halogens is 3. The Balaban J connectivity index is 2.09. The van der Waals surface area contributed by atoms with Crippen molar-refractivity contribution < 1.29 is 31.2 Å². The molecule has 15 heteroatoms. The van der Waals surface area contributed by atoms with Crippen LogP contribution in [0.25, 0.3) is 0 Å². The number of hydrogen-bond acceptors (Lipinski definition) is 6. The number of aldehydes is 1. The first-order valence-corrected chi connectivity index (χ1v) is 12.1. The van der Waals surface area contributed by atoms with Crippen LogP contribution in [0.3, 0.4) is 0 Å². The minimum Gasteiger partial charge on any atom is -0.370 e. The van der Waals surface area contributed by atoms with Crippen molar-refractivity contribution >= 4 is 33.9 Å². The van der Waals surface area contributed by atoms with Crippen molar-refractivity contribution in [1.82, 2.24) is 9.88 Å². The Morgan fingerprint density at radius 1 is 1.17 bits per heavy atom. The van der Waals surface area contributed by atoms with Crippen LogP contribution >= 0.6 is 0 Å². The number of anilines is 1. The zero-order valence-corrected chi connectivity index (χ0v) is 19.7. The largest absolute Gasteiger partial charge is 0.416 e. The van der Waals surface area contributed by atoms with Gasteiger partial charge in [-0.25, -0.2) is 8.42 Å². The van der Waals surface area contributed by atoms with Crippen molar-refractivity contribution in [3.63, 3.8) is 0 Å². The summed E-state index contributed by atoms with van der Waals surface area (Å²) in [6.07, 6.45) is -2.40. The molecule has 1 heterocycles. The molecule has 0 aliphatic carbocycles. The van der Waals surface area contributed by atoms with E-state index in [4.69, 9.17) is 11.5 Å². The predicted molar refractivity (Wildman–Crippen MR) is 126 cm³/mol. The van der Waals surface area contributed by atoms with Gasteiger partial charge in [-0.05, 0) is 36.6 Å². The van der Waals surface area contributed by atoms with E-state index in [9.17, 15) is 36.0 Å². The average Bonchev–Trinajstić information content (AvgIpc) is 2.77. The number of nitrogens with two attached hydrogens (primary N) is 2. The molecule has 0 saturated carbocycles. The van der Waals surface area contributed by atoms with Gasteiger partial charge in [0.15, 0.2) is 5.96 Å². The number of aliphatic imine (C=N–C) groups is 1. The minimum atomic E-state index is -4.76. The number of rotatable bonds is 12. The number of aromatic nitrogens is 1. The van der Waals surface area contributed by atoms with E-state index in [1.165, 1.54) is 18.3 Å². The number of pyridine rings is 1. The molecule has 1 unspecified atom stereocenters. The zero-order valence-electron chi connectivity index (χ0n) is 18.9. The third kappa shape index (κ3) is 8.72. The summed E-state index contributed by atoms with van der Waals surface area (Å²) in [6, 6.07) is 5.71. The van der Waals surface area contributed by atoms with E-state index in [1.54, 1.807) is 0 Å². The van der Waals surface area contributed by atoms with Crippen LogP contribution in [0.1, 0.15) is 24.0 Å². The van der Waals surface area contributed by atoms with E-state index in [1.807, 2.05) is 4.72 Å². The molecule has 2 rings (SSSR count).